The van der Waals surface area contributed by atoms with E-state index >= 15 is 0 Å². The molecule has 0 unspecified atom stereocenters. The highest BCUT2D eigenvalue weighted by Gasteiger charge is 2.43. The molecule has 0 radical (unpaired) electrons. The monoisotopic (exact) mass is 537 g/mol. The fraction of sp³-hybridized carbons (Fsp3) is 0.265. The molecule has 1 aliphatic rings. The molecule has 4 aromatic rings. The zero-order valence-electron chi connectivity index (χ0n) is 22.5. The van der Waals surface area contributed by atoms with Crippen LogP contribution in [0.3, 0.4) is 0 Å². The van der Waals surface area contributed by atoms with Crippen molar-refractivity contribution in [3.63, 3.8) is 0 Å². The van der Waals surface area contributed by atoms with E-state index in [1.807, 2.05) is 121 Å². The van der Waals surface area contributed by atoms with E-state index < -0.39 is 24.4 Å². The summed E-state index contributed by atoms with van der Waals surface area (Å²) in [6.45, 7) is 1.49. The lowest BCUT2D eigenvalue weighted by molar-refractivity contribution is -0.469. The molecule has 0 saturated heterocycles. The Balaban J connectivity index is 1.42. The molecule has 5 rings (SSSR count). The number of hydroxylamine groups is 1. The summed E-state index contributed by atoms with van der Waals surface area (Å²) in [6, 6.07) is 39.8. The minimum atomic E-state index is -0.646. The van der Waals surface area contributed by atoms with Crippen LogP contribution in [-0.2, 0) is 45.4 Å². The predicted octanol–water partition coefficient (Wildman–Crippen LogP) is 5.92. The third-order valence-electron chi connectivity index (χ3n) is 6.85. The van der Waals surface area contributed by atoms with Crippen molar-refractivity contribution in [3.05, 3.63) is 149 Å². The first-order valence-corrected chi connectivity index (χ1v) is 13.7. The molecule has 1 heterocycles. The summed E-state index contributed by atoms with van der Waals surface area (Å²) >= 11 is 0. The zero-order valence-corrected chi connectivity index (χ0v) is 22.5. The average molecular weight is 538 g/mol. The Morgan fingerprint density at radius 3 is 1.32 bits per heavy atom. The summed E-state index contributed by atoms with van der Waals surface area (Å²) in [5.41, 5.74) is 4.09. The van der Waals surface area contributed by atoms with Crippen molar-refractivity contribution in [2.45, 2.75) is 50.8 Å². The number of nitrogens with zero attached hydrogens (tertiary/aromatic N) is 1. The van der Waals surface area contributed by atoms with Gasteiger partial charge in [0.05, 0.1) is 26.4 Å². The summed E-state index contributed by atoms with van der Waals surface area (Å²) in [4.78, 5) is 0. The maximum atomic E-state index is 13.2. The molecule has 0 spiro atoms. The molecule has 4 atom stereocenters. The highest BCUT2D eigenvalue weighted by molar-refractivity contribution is 5.59. The number of rotatable bonds is 12. The van der Waals surface area contributed by atoms with Crippen LogP contribution in [-0.4, -0.2) is 41.9 Å². The molecule has 0 aromatic heterocycles. The minimum Gasteiger partial charge on any atom is -0.624 e. The second-order valence-corrected chi connectivity index (χ2v) is 9.87. The van der Waals surface area contributed by atoms with Gasteiger partial charge in [-0.3, -0.25) is 0 Å². The van der Waals surface area contributed by atoms with Crippen molar-refractivity contribution in [3.8, 4) is 0 Å². The Labute approximate surface area is 236 Å². The van der Waals surface area contributed by atoms with Gasteiger partial charge >= 0.3 is 0 Å². The maximum absolute atomic E-state index is 13.2. The van der Waals surface area contributed by atoms with Crippen LogP contribution < -0.4 is 0 Å². The Hall–Kier alpha value is -3.81. The quantitative estimate of drug-likeness (QED) is 0.166. The van der Waals surface area contributed by atoms with Gasteiger partial charge in [-0.2, -0.15) is 0 Å². The minimum absolute atomic E-state index is 0.0999. The highest BCUT2D eigenvalue weighted by atomic mass is 16.6. The van der Waals surface area contributed by atoms with E-state index in [0.717, 1.165) is 27.0 Å². The van der Waals surface area contributed by atoms with Gasteiger partial charge in [0.15, 0.2) is 18.9 Å². The lowest BCUT2D eigenvalue weighted by atomic mass is 10.0. The first-order valence-electron chi connectivity index (χ1n) is 13.7. The van der Waals surface area contributed by atoms with Crippen LogP contribution in [0.1, 0.15) is 22.3 Å². The SMILES string of the molecule is [O-][N+]1=C[C@@H](OCc2ccccc2)[C@H](OCc2ccccc2)[C@H](OCc2ccccc2)[C@H](OCc2ccccc2)C1. The molecule has 0 N–H and O–H groups in total. The van der Waals surface area contributed by atoms with Gasteiger partial charge in [-0.15, -0.1) is 0 Å². The Kier molecular flexibility index (Phi) is 10.1. The molecule has 6 heteroatoms. The molecule has 206 valence electrons. The van der Waals surface area contributed by atoms with Crippen molar-refractivity contribution in [1.29, 1.82) is 0 Å². The van der Waals surface area contributed by atoms with Crippen LogP contribution in [0, 0.1) is 5.21 Å². The lowest BCUT2D eigenvalue weighted by Crippen LogP contribution is -2.49. The van der Waals surface area contributed by atoms with Crippen LogP contribution in [0.4, 0.5) is 0 Å². The Bertz CT molecular complexity index is 1300. The highest BCUT2D eigenvalue weighted by Crippen LogP contribution is 2.24. The molecule has 0 amide bonds. The Morgan fingerprint density at radius 2 is 0.875 bits per heavy atom. The van der Waals surface area contributed by atoms with Crippen LogP contribution in [0.25, 0.3) is 0 Å². The second kappa shape index (κ2) is 14.5. The maximum Gasteiger partial charge on any atom is 0.182 e. The van der Waals surface area contributed by atoms with Gasteiger partial charge in [0.2, 0.25) is 0 Å². The van der Waals surface area contributed by atoms with Gasteiger partial charge < -0.3 is 24.2 Å². The molecule has 40 heavy (non-hydrogen) atoms. The van der Waals surface area contributed by atoms with Crippen molar-refractivity contribution in [1.82, 2.24) is 0 Å². The molecular formula is C34H35NO5. The number of hydrogen-bond donors (Lipinski definition) is 0. The van der Waals surface area contributed by atoms with Crippen molar-refractivity contribution in [2.75, 3.05) is 6.54 Å². The van der Waals surface area contributed by atoms with Crippen LogP contribution in [0.2, 0.25) is 0 Å². The third kappa shape index (κ3) is 8.10. The molecular weight excluding hydrogens is 502 g/mol. The first kappa shape index (κ1) is 27.7. The largest absolute Gasteiger partial charge is 0.624 e. The van der Waals surface area contributed by atoms with Gasteiger partial charge in [0.25, 0.3) is 0 Å². The number of ether oxygens (including phenoxy) is 4. The van der Waals surface area contributed by atoms with Gasteiger partial charge in [0, 0.05) is 0 Å². The molecule has 0 aliphatic carbocycles. The van der Waals surface area contributed by atoms with Gasteiger partial charge in [-0.1, -0.05) is 121 Å². The van der Waals surface area contributed by atoms with Gasteiger partial charge in [-0.05, 0) is 22.3 Å². The molecule has 0 bridgehead atoms. The predicted molar refractivity (Wildman–Crippen MR) is 155 cm³/mol. The van der Waals surface area contributed by atoms with Crippen molar-refractivity contribution < 1.29 is 23.7 Å². The average Bonchev–Trinajstić information content (AvgIpc) is 3.14. The zero-order chi connectivity index (χ0) is 27.4. The standard InChI is InChI=1S/C34H35NO5/c36-35-21-31(37-23-27-13-5-1-6-14-27)33(39-25-29-17-9-3-10-18-29)34(40-26-30-19-11-4-12-20-30)32(22-35)38-24-28-15-7-2-8-16-28/h1-21,31-34H,22-26H2/t31-,32-,33+,34-/m1/s1. The molecule has 1 aliphatic heterocycles. The lowest BCUT2D eigenvalue weighted by Gasteiger charge is -2.33. The molecule has 0 fully saturated rings. The Morgan fingerprint density at radius 1 is 0.500 bits per heavy atom. The number of benzene rings is 4. The summed E-state index contributed by atoms with van der Waals surface area (Å²) < 4.78 is 26.8. The molecule has 6 nitrogen and oxygen atoms in total. The van der Waals surface area contributed by atoms with E-state index in [-0.39, 0.29) is 6.54 Å². The van der Waals surface area contributed by atoms with Crippen LogP contribution in [0.5, 0.6) is 0 Å². The molecule has 4 aromatic carbocycles. The first-order chi connectivity index (χ1) is 19.7. The molecule has 0 saturated carbocycles. The summed E-state index contributed by atoms with van der Waals surface area (Å²) in [5.74, 6) is 0. The number of hydrogen-bond acceptors (Lipinski definition) is 5. The van der Waals surface area contributed by atoms with Crippen LogP contribution >= 0.6 is 0 Å². The summed E-state index contributed by atoms with van der Waals surface area (Å²) in [7, 11) is 0. The van der Waals surface area contributed by atoms with Crippen molar-refractivity contribution >= 4 is 6.21 Å². The van der Waals surface area contributed by atoms with Crippen LogP contribution in [0.15, 0.2) is 121 Å². The van der Waals surface area contributed by atoms with Crippen molar-refractivity contribution in [2.24, 2.45) is 0 Å². The normalized spacial score (nSPS) is 20.9. The van der Waals surface area contributed by atoms with E-state index in [0.29, 0.717) is 26.4 Å². The third-order valence-corrected chi connectivity index (χ3v) is 6.85. The van der Waals surface area contributed by atoms with E-state index in [4.69, 9.17) is 18.9 Å². The van der Waals surface area contributed by atoms with Gasteiger partial charge in [-0.25, -0.2) is 4.74 Å². The fourth-order valence-corrected chi connectivity index (χ4v) is 4.74. The van der Waals surface area contributed by atoms with E-state index in [1.54, 1.807) is 6.21 Å². The smallest absolute Gasteiger partial charge is 0.182 e. The van der Waals surface area contributed by atoms with E-state index in [2.05, 4.69) is 0 Å². The van der Waals surface area contributed by atoms with E-state index in [9.17, 15) is 5.21 Å². The van der Waals surface area contributed by atoms with E-state index in [1.165, 1.54) is 0 Å². The topological polar surface area (TPSA) is 63.0 Å². The second-order valence-electron chi connectivity index (χ2n) is 9.87. The van der Waals surface area contributed by atoms with Gasteiger partial charge in [0.1, 0.15) is 18.3 Å². The summed E-state index contributed by atoms with van der Waals surface area (Å²) in [6.07, 6.45) is -0.796. The summed E-state index contributed by atoms with van der Waals surface area (Å²) in [5, 5.41) is 13.2. The fourth-order valence-electron chi connectivity index (χ4n) is 4.74.